The molecular weight excluding hydrogens is 453 g/mol. The van der Waals surface area contributed by atoms with E-state index in [1.807, 2.05) is 0 Å². The van der Waals surface area contributed by atoms with Gasteiger partial charge in [0.2, 0.25) is 5.95 Å². The predicted molar refractivity (Wildman–Crippen MR) is 117 cm³/mol. The molecule has 0 bridgehead atoms. The van der Waals surface area contributed by atoms with Crippen molar-refractivity contribution in [3.8, 4) is 22.6 Å². The first-order valence-corrected chi connectivity index (χ1v) is 10.8. The summed E-state index contributed by atoms with van der Waals surface area (Å²) in [5.41, 5.74) is -1.56. The van der Waals surface area contributed by atoms with E-state index in [0.717, 1.165) is 10.9 Å². The van der Waals surface area contributed by atoms with Crippen LogP contribution in [0.25, 0.3) is 22.6 Å². The highest BCUT2D eigenvalue weighted by Gasteiger charge is 2.37. The minimum atomic E-state index is -4.69. The number of alkyl halides is 3. The maximum Gasteiger partial charge on any atom is 0.419 e. The van der Waals surface area contributed by atoms with Crippen molar-refractivity contribution in [1.82, 2.24) is 24.6 Å². The smallest absolute Gasteiger partial charge is 0.419 e. The highest BCUT2D eigenvalue weighted by molar-refractivity contribution is 5.82. The third kappa shape index (κ3) is 5.00. The fourth-order valence-electron chi connectivity index (χ4n) is 3.85. The number of rotatable bonds is 3. The molecule has 1 aromatic heterocycles. The van der Waals surface area contributed by atoms with E-state index in [2.05, 4.69) is 20.3 Å². The van der Waals surface area contributed by atoms with Gasteiger partial charge in [0.05, 0.1) is 5.69 Å². The molecule has 1 atom stereocenters. The van der Waals surface area contributed by atoms with Gasteiger partial charge in [0.15, 0.2) is 5.82 Å². The Bertz CT molecular complexity index is 1160. The molecule has 0 unspecified atom stereocenters. The Balaban J connectivity index is 1.61. The average molecular weight is 478 g/mol. The number of nitrogens with one attached hydrogen (secondary N) is 1. The topological polar surface area (TPSA) is 105 Å². The van der Waals surface area contributed by atoms with Gasteiger partial charge >= 0.3 is 12.3 Å². The lowest BCUT2D eigenvalue weighted by Gasteiger charge is -2.34. The minimum Gasteiger partial charge on any atom is -0.444 e. The number of pyridine rings is 1. The second-order valence-corrected chi connectivity index (χ2v) is 9.13. The summed E-state index contributed by atoms with van der Waals surface area (Å²) in [6, 6.07) is 2.79. The van der Waals surface area contributed by atoms with Crippen LogP contribution in [0, 0.1) is 0 Å². The Hall–Kier alpha value is -3.57. The van der Waals surface area contributed by atoms with Crippen molar-refractivity contribution in [2.75, 3.05) is 18.4 Å². The van der Waals surface area contributed by atoms with Crippen molar-refractivity contribution < 1.29 is 27.9 Å². The van der Waals surface area contributed by atoms with Gasteiger partial charge in [0.25, 0.3) is 0 Å². The number of ether oxygens (including phenoxy) is 1. The molecule has 9 nitrogen and oxygen atoms in total. The summed E-state index contributed by atoms with van der Waals surface area (Å²) in [5, 5.41) is 13.0. The fourth-order valence-corrected chi connectivity index (χ4v) is 3.85. The van der Waals surface area contributed by atoms with Crippen LogP contribution in [-0.4, -0.2) is 60.6 Å². The van der Waals surface area contributed by atoms with Gasteiger partial charge in [-0.15, -0.1) is 0 Å². The highest BCUT2D eigenvalue weighted by atomic mass is 19.4. The lowest BCUT2D eigenvalue weighted by atomic mass is 10.0. The largest absolute Gasteiger partial charge is 0.444 e. The first-order valence-electron chi connectivity index (χ1n) is 10.8. The summed E-state index contributed by atoms with van der Waals surface area (Å²) in [6.45, 7) is 6.17. The molecular formula is C22H25F3N6O3. The zero-order valence-corrected chi connectivity index (χ0v) is 18.9. The van der Waals surface area contributed by atoms with Crippen molar-refractivity contribution >= 4 is 12.0 Å². The molecule has 0 radical (unpaired) electrons. The lowest BCUT2D eigenvalue weighted by Crippen LogP contribution is -2.47. The highest BCUT2D eigenvalue weighted by Crippen LogP contribution is 2.40. The van der Waals surface area contributed by atoms with Gasteiger partial charge in [-0.3, -0.25) is 0 Å². The van der Waals surface area contributed by atoms with Crippen molar-refractivity contribution in [1.29, 1.82) is 0 Å². The predicted octanol–water partition coefficient (Wildman–Crippen LogP) is 4.51. The summed E-state index contributed by atoms with van der Waals surface area (Å²) >= 11 is 0. The van der Waals surface area contributed by atoms with Crippen LogP contribution in [0.5, 0.6) is 0 Å². The fraction of sp³-hybridized carbons (Fsp3) is 0.455. The van der Waals surface area contributed by atoms with E-state index in [9.17, 15) is 23.2 Å². The number of carbonyl (C=O) groups is 1. The van der Waals surface area contributed by atoms with Crippen molar-refractivity contribution in [3.63, 3.8) is 0 Å². The summed E-state index contributed by atoms with van der Waals surface area (Å²) in [6.07, 6.45) is -0.462. The lowest BCUT2D eigenvalue weighted by molar-refractivity contribution is -0.137. The Morgan fingerprint density at radius 1 is 1.21 bits per heavy atom. The quantitative estimate of drug-likeness (QED) is 0.534. The molecule has 4 rings (SSSR count). The van der Waals surface area contributed by atoms with Crippen LogP contribution < -0.4 is 5.32 Å². The Labute approximate surface area is 193 Å². The molecule has 1 amide bonds. The molecule has 3 aliphatic rings. The monoisotopic (exact) mass is 478 g/mol. The molecule has 3 aliphatic heterocycles. The summed E-state index contributed by atoms with van der Waals surface area (Å²) in [5.74, 6) is 0.111. The average Bonchev–Trinajstić information content (AvgIpc) is 3.17. The maximum absolute atomic E-state index is 13.8. The Morgan fingerprint density at radius 3 is 2.68 bits per heavy atom. The van der Waals surface area contributed by atoms with E-state index in [1.54, 1.807) is 31.7 Å². The van der Waals surface area contributed by atoms with Crippen LogP contribution in [-0.2, 0) is 10.9 Å². The number of halogens is 3. The molecule has 1 saturated heterocycles. The number of fused-ring (bicyclic) bond motifs is 1. The standard InChI is InChI=1S/C22H25F3N6O3/c1-21(2,3)34-20(32)30-8-4-6-13(12-30)28-19-27-11-16(22(23,24)25)17(29-19)15-10-26-18-14(15)7-5-9-31(18)33/h5,7,9-11,13,33H,4,6,8,12H2,1-3H3,(H,27,28,29)/t13-/m0/s1. The van der Waals surface area contributed by atoms with Crippen LogP contribution >= 0.6 is 0 Å². The van der Waals surface area contributed by atoms with Crippen LogP contribution in [0.3, 0.4) is 0 Å². The number of aromatic nitrogens is 4. The maximum atomic E-state index is 13.8. The molecule has 2 N–H and O–H groups in total. The molecule has 34 heavy (non-hydrogen) atoms. The van der Waals surface area contributed by atoms with Gasteiger partial charge in [0, 0.05) is 48.8 Å². The van der Waals surface area contributed by atoms with E-state index in [4.69, 9.17) is 4.74 Å². The summed E-state index contributed by atoms with van der Waals surface area (Å²) in [4.78, 5) is 26.1. The van der Waals surface area contributed by atoms with Gasteiger partial charge < -0.3 is 20.2 Å². The number of piperidine rings is 1. The SMILES string of the molecule is CC(C)(C)OC(=O)N1CCC[C@H](Nc2ncc(C(F)(F)F)c(-c3cnc4n(O)cccc3-4)n2)C1. The number of likely N-dealkylation sites (tertiary alicyclic amines) is 1. The van der Waals surface area contributed by atoms with E-state index in [-0.39, 0.29) is 29.1 Å². The number of amides is 1. The molecule has 1 fully saturated rings. The molecule has 0 saturated carbocycles. The van der Waals surface area contributed by atoms with Crippen LogP contribution in [0.15, 0.2) is 30.7 Å². The molecule has 1 aromatic rings. The molecule has 0 spiro atoms. The summed E-state index contributed by atoms with van der Waals surface area (Å²) < 4.78 is 47.4. The molecule has 0 aliphatic carbocycles. The Kier molecular flexibility index (Phi) is 6.00. The van der Waals surface area contributed by atoms with Crippen molar-refractivity contribution in [2.45, 2.75) is 51.4 Å². The van der Waals surface area contributed by atoms with Gasteiger partial charge in [-0.05, 0) is 45.7 Å². The second kappa shape index (κ2) is 8.65. The number of nitrogens with zero attached hydrogens (tertiary/aromatic N) is 5. The third-order valence-electron chi connectivity index (χ3n) is 5.31. The molecule has 4 heterocycles. The van der Waals surface area contributed by atoms with Crippen LogP contribution in [0.2, 0.25) is 0 Å². The van der Waals surface area contributed by atoms with E-state index < -0.39 is 23.4 Å². The second-order valence-electron chi connectivity index (χ2n) is 9.13. The van der Waals surface area contributed by atoms with E-state index in [1.165, 1.54) is 18.5 Å². The van der Waals surface area contributed by atoms with Crippen molar-refractivity contribution in [3.05, 3.63) is 36.3 Å². The van der Waals surface area contributed by atoms with E-state index in [0.29, 0.717) is 31.5 Å². The number of hydrogen-bond acceptors (Lipinski definition) is 7. The summed E-state index contributed by atoms with van der Waals surface area (Å²) in [7, 11) is 0. The normalized spacial score (nSPS) is 17.1. The number of carbonyl (C=O) groups excluding carboxylic acids is 1. The zero-order valence-electron chi connectivity index (χ0n) is 18.9. The molecule has 0 aromatic carbocycles. The Morgan fingerprint density at radius 2 is 1.97 bits per heavy atom. The first-order chi connectivity index (χ1) is 15.9. The van der Waals surface area contributed by atoms with Crippen LogP contribution in [0.1, 0.15) is 39.2 Å². The van der Waals surface area contributed by atoms with Gasteiger partial charge in [0.1, 0.15) is 11.2 Å². The van der Waals surface area contributed by atoms with Gasteiger partial charge in [-0.25, -0.2) is 19.7 Å². The minimum absolute atomic E-state index is 0.00111. The first kappa shape index (κ1) is 23.6. The number of hydrogen-bond donors (Lipinski definition) is 2. The number of anilines is 1. The van der Waals surface area contributed by atoms with Crippen LogP contribution in [0.4, 0.5) is 23.9 Å². The molecule has 182 valence electrons. The van der Waals surface area contributed by atoms with Gasteiger partial charge in [-0.2, -0.15) is 17.9 Å². The van der Waals surface area contributed by atoms with E-state index >= 15 is 0 Å². The van der Waals surface area contributed by atoms with Gasteiger partial charge in [-0.1, -0.05) is 0 Å². The molecule has 12 heteroatoms. The third-order valence-corrected chi connectivity index (χ3v) is 5.31. The zero-order chi connectivity index (χ0) is 24.7. The van der Waals surface area contributed by atoms with Crippen molar-refractivity contribution in [2.24, 2.45) is 0 Å².